The van der Waals surface area contributed by atoms with Gasteiger partial charge < -0.3 is 15.5 Å². The predicted octanol–water partition coefficient (Wildman–Crippen LogP) is 3.09. The van der Waals surface area contributed by atoms with E-state index in [4.69, 9.17) is 10.1 Å². The van der Waals surface area contributed by atoms with Crippen molar-refractivity contribution in [2.45, 2.75) is 59.2 Å². The minimum atomic E-state index is -1.43. The molecule has 0 aliphatic carbocycles. The zero-order valence-electron chi connectivity index (χ0n) is 21.3. The standard InChI is InChI=1S/C25H32N6O4S/c1-15(2)28-23(33)25(4,5)31-21(32)19-16(3)20(29-27-13-12-26)36-22(19)30(24(31)34)14-11-17-9-7-8-10-18(17)35-6/h7-10,12-13,15,26,29H,11,14H2,1-6H3,(H,28,33)/b26-12?,27-13-. The molecule has 3 rings (SSSR count). The molecule has 0 fully saturated rings. The third kappa shape index (κ3) is 5.11. The van der Waals surface area contributed by atoms with Crippen LogP contribution in [-0.4, -0.2) is 40.6 Å². The lowest BCUT2D eigenvalue weighted by Gasteiger charge is -2.27. The number of carbonyl (C=O) groups excluding carboxylic acids is 1. The van der Waals surface area contributed by atoms with Crippen LogP contribution in [0, 0.1) is 12.3 Å². The van der Waals surface area contributed by atoms with Crippen molar-refractivity contribution >= 4 is 44.9 Å². The number of anilines is 1. The highest BCUT2D eigenvalue weighted by Crippen LogP contribution is 2.33. The number of nitrogens with zero attached hydrogens (tertiary/aromatic N) is 3. The fourth-order valence-electron chi connectivity index (χ4n) is 3.96. The highest BCUT2D eigenvalue weighted by atomic mass is 32.1. The molecule has 0 radical (unpaired) electrons. The number of para-hydroxylation sites is 1. The van der Waals surface area contributed by atoms with Crippen LogP contribution in [0.2, 0.25) is 0 Å². The second-order valence-corrected chi connectivity index (χ2v) is 10.1. The predicted molar refractivity (Wildman–Crippen MR) is 145 cm³/mol. The van der Waals surface area contributed by atoms with Gasteiger partial charge in [0.2, 0.25) is 5.91 Å². The maximum atomic E-state index is 13.8. The smallest absolute Gasteiger partial charge is 0.333 e. The normalized spacial score (nSPS) is 11.9. The number of hydrogen-bond donors (Lipinski definition) is 3. The fourth-order valence-corrected chi connectivity index (χ4v) is 5.13. The van der Waals surface area contributed by atoms with E-state index in [1.165, 1.54) is 22.1 Å². The molecule has 192 valence electrons. The minimum Gasteiger partial charge on any atom is -0.496 e. The lowest BCUT2D eigenvalue weighted by molar-refractivity contribution is -0.129. The van der Waals surface area contributed by atoms with Gasteiger partial charge in [-0.25, -0.2) is 9.36 Å². The molecule has 0 unspecified atom stereocenters. The van der Waals surface area contributed by atoms with Crippen molar-refractivity contribution in [2.75, 3.05) is 12.5 Å². The molecular weight excluding hydrogens is 480 g/mol. The van der Waals surface area contributed by atoms with Crippen molar-refractivity contribution in [3.05, 3.63) is 56.2 Å². The zero-order chi connectivity index (χ0) is 26.6. The molecule has 2 aromatic heterocycles. The second-order valence-electron chi connectivity index (χ2n) is 9.12. The number of ether oxygens (including phenoxy) is 1. The highest BCUT2D eigenvalue weighted by Gasteiger charge is 2.35. The van der Waals surface area contributed by atoms with E-state index in [0.717, 1.165) is 16.3 Å². The number of hydrazone groups is 1. The van der Waals surface area contributed by atoms with E-state index >= 15 is 0 Å². The van der Waals surface area contributed by atoms with E-state index in [1.807, 2.05) is 38.1 Å². The molecule has 0 spiro atoms. The van der Waals surface area contributed by atoms with Crippen LogP contribution in [-0.2, 0) is 23.3 Å². The number of methoxy groups -OCH3 is 1. The van der Waals surface area contributed by atoms with Gasteiger partial charge in [-0.2, -0.15) is 5.10 Å². The van der Waals surface area contributed by atoms with Gasteiger partial charge in [0.25, 0.3) is 5.56 Å². The molecule has 1 aromatic carbocycles. The Morgan fingerprint density at radius 2 is 1.97 bits per heavy atom. The summed E-state index contributed by atoms with van der Waals surface area (Å²) in [5, 5.41) is 14.8. The summed E-state index contributed by atoms with van der Waals surface area (Å²) in [5.41, 5.74) is 1.84. The van der Waals surface area contributed by atoms with Gasteiger partial charge in [-0.05, 0) is 52.7 Å². The number of aromatic nitrogens is 2. The van der Waals surface area contributed by atoms with E-state index in [-0.39, 0.29) is 12.6 Å². The Hall–Kier alpha value is -3.73. The van der Waals surface area contributed by atoms with Crippen LogP contribution in [0.15, 0.2) is 39.0 Å². The first kappa shape index (κ1) is 26.9. The van der Waals surface area contributed by atoms with E-state index in [1.54, 1.807) is 27.9 Å². The molecule has 11 heteroatoms. The number of fused-ring (bicyclic) bond motifs is 1. The number of thiophene rings is 1. The Labute approximate surface area is 213 Å². The van der Waals surface area contributed by atoms with Gasteiger partial charge in [0.05, 0.1) is 18.7 Å². The van der Waals surface area contributed by atoms with Crippen molar-refractivity contribution in [1.82, 2.24) is 14.5 Å². The summed E-state index contributed by atoms with van der Waals surface area (Å²) in [7, 11) is 1.59. The average Bonchev–Trinajstić information content (AvgIpc) is 3.15. The van der Waals surface area contributed by atoms with Gasteiger partial charge >= 0.3 is 5.69 Å². The maximum Gasteiger partial charge on any atom is 0.333 e. The Morgan fingerprint density at radius 1 is 1.28 bits per heavy atom. The number of benzene rings is 1. The molecule has 0 saturated heterocycles. The lowest BCUT2D eigenvalue weighted by Crippen LogP contribution is -2.56. The summed E-state index contributed by atoms with van der Waals surface area (Å²) >= 11 is 1.23. The summed E-state index contributed by atoms with van der Waals surface area (Å²) in [4.78, 5) is 41.1. The van der Waals surface area contributed by atoms with Crippen molar-refractivity contribution in [1.29, 1.82) is 5.41 Å². The molecule has 10 nitrogen and oxygen atoms in total. The largest absolute Gasteiger partial charge is 0.496 e. The fraction of sp³-hybridized carbons (Fsp3) is 0.400. The van der Waals surface area contributed by atoms with Gasteiger partial charge in [0, 0.05) is 24.4 Å². The van der Waals surface area contributed by atoms with E-state index in [2.05, 4.69) is 15.8 Å². The molecule has 2 heterocycles. The summed E-state index contributed by atoms with van der Waals surface area (Å²) in [6, 6.07) is 7.39. The summed E-state index contributed by atoms with van der Waals surface area (Å²) in [6.45, 7) is 8.81. The van der Waals surface area contributed by atoms with Crippen LogP contribution < -0.4 is 26.7 Å². The molecule has 0 atom stereocenters. The number of carbonyl (C=O) groups is 1. The molecule has 3 aromatic rings. The molecule has 0 saturated carbocycles. The molecule has 0 aliphatic rings. The second kappa shape index (κ2) is 10.9. The van der Waals surface area contributed by atoms with Gasteiger partial charge in [0.15, 0.2) is 0 Å². The summed E-state index contributed by atoms with van der Waals surface area (Å²) in [6.07, 6.45) is 2.78. The quantitative estimate of drug-likeness (QED) is 0.284. The van der Waals surface area contributed by atoms with Crippen LogP contribution >= 0.6 is 11.3 Å². The molecule has 0 bridgehead atoms. The first-order valence-corrected chi connectivity index (χ1v) is 12.4. The number of amides is 1. The third-order valence-electron chi connectivity index (χ3n) is 5.86. The SMILES string of the molecule is COc1ccccc1CCn1c(=O)n(C(C)(C)C(=O)NC(C)C)c(=O)c2c(C)c(N/N=C\C=N)sc21. The van der Waals surface area contributed by atoms with Crippen molar-refractivity contribution in [2.24, 2.45) is 5.10 Å². The zero-order valence-corrected chi connectivity index (χ0v) is 22.2. The highest BCUT2D eigenvalue weighted by molar-refractivity contribution is 7.22. The van der Waals surface area contributed by atoms with Gasteiger partial charge in [-0.3, -0.25) is 19.6 Å². The Balaban J connectivity index is 2.26. The van der Waals surface area contributed by atoms with Crippen molar-refractivity contribution in [3.8, 4) is 5.75 Å². The monoisotopic (exact) mass is 512 g/mol. The van der Waals surface area contributed by atoms with Crippen molar-refractivity contribution < 1.29 is 9.53 Å². The average molecular weight is 513 g/mol. The van der Waals surface area contributed by atoms with Gasteiger partial charge in [0.1, 0.15) is 21.1 Å². The topological polar surface area (TPSA) is 131 Å². The lowest BCUT2D eigenvalue weighted by atomic mass is 10.0. The number of rotatable bonds is 10. The Bertz CT molecular complexity index is 1430. The number of nitrogens with one attached hydrogen (secondary N) is 3. The first-order valence-electron chi connectivity index (χ1n) is 11.5. The van der Waals surface area contributed by atoms with E-state index in [0.29, 0.717) is 33.0 Å². The maximum absolute atomic E-state index is 13.8. The molecule has 36 heavy (non-hydrogen) atoms. The van der Waals surface area contributed by atoms with Gasteiger partial charge in [-0.15, -0.1) is 0 Å². The Morgan fingerprint density at radius 3 is 2.61 bits per heavy atom. The number of aryl methyl sites for hydroxylation is 3. The van der Waals surface area contributed by atoms with Crippen LogP contribution in [0.1, 0.15) is 38.8 Å². The van der Waals surface area contributed by atoms with Crippen molar-refractivity contribution in [3.63, 3.8) is 0 Å². The van der Waals surface area contributed by atoms with Crippen LogP contribution in [0.5, 0.6) is 5.75 Å². The molecule has 1 amide bonds. The van der Waals surface area contributed by atoms with Crippen LogP contribution in [0.4, 0.5) is 5.00 Å². The molecular formula is C25H32N6O4S. The van der Waals surface area contributed by atoms with E-state index < -0.39 is 22.7 Å². The molecule has 3 N–H and O–H groups in total. The van der Waals surface area contributed by atoms with E-state index in [9.17, 15) is 14.4 Å². The minimum absolute atomic E-state index is 0.158. The summed E-state index contributed by atoms with van der Waals surface area (Å²) in [5.74, 6) is 0.284. The Kier molecular flexibility index (Phi) is 8.13. The number of hydrogen-bond acceptors (Lipinski definition) is 8. The first-order chi connectivity index (χ1) is 17.0. The third-order valence-corrected chi connectivity index (χ3v) is 7.08. The van der Waals surface area contributed by atoms with Gasteiger partial charge in [-0.1, -0.05) is 29.5 Å². The van der Waals surface area contributed by atoms with Crippen LogP contribution in [0.25, 0.3) is 10.2 Å². The summed E-state index contributed by atoms with van der Waals surface area (Å²) < 4.78 is 8.04. The van der Waals surface area contributed by atoms with Crippen LogP contribution in [0.3, 0.4) is 0 Å². The molecule has 0 aliphatic heterocycles.